The van der Waals surface area contributed by atoms with Crippen molar-refractivity contribution in [3.63, 3.8) is 0 Å². The Kier molecular flexibility index (Phi) is 35.4. The van der Waals surface area contributed by atoms with Crippen LogP contribution in [0.2, 0.25) is 0 Å². The molecule has 0 saturated heterocycles. The van der Waals surface area contributed by atoms with Crippen LogP contribution in [0.3, 0.4) is 0 Å². The topological polar surface area (TPSA) is 35.5 Å². The molecular weight excluding hydrogens is 295 g/mol. The molecule has 51 valence electrons. The molecule has 0 spiro atoms. The van der Waals surface area contributed by atoms with Crippen LogP contribution in [0.15, 0.2) is 0 Å². The van der Waals surface area contributed by atoms with Crippen molar-refractivity contribution in [2.24, 2.45) is 0 Å². The zero-order valence-electron chi connectivity index (χ0n) is 2.71. The molecule has 3 nitrogen and oxygen atoms in total. The smallest absolute Gasteiger partial charge is 0.495 e. The number of hydrogen-bond donors (Lipinski definition) is 0. The van der Waals surface area contributed by atoms with E-state index in [1.807, 2.05) is 0 Å². The predicted molar refractivity (Wildman–Crippen MR) is 8.97 cm³/mol. The largest absolute Gasteiger partial charge is 1.00 e. The second-order valence-corrected chi connectivity index (χ2v) is 0.230. The van der Waals surface area contributed by atoms with Gasteiger partial charge in [-0.3, -0.25) is 0 Å². The van der Waals surface area contributed by atoms with E-state index < -0.39 is 0 Å². The van der Waals surface area contributed by atoms with Gasteiger partial charge in [-0.05, 0) is 16.1 Å². The molecule has 0 aromatic heterocycles. The number of hydrogen-bond acceptors (Lipinski definition) is 3. The standard InChI is InChI=1S/CFO3.2Ag/c2-5-4-1-3;;/q-1;;+1. The fourth-order valence-corrected chi connectivity index (χ4v) is 0.0129. The van der Waals surface area contributed by atoms with E-state index >= 15 is 0 Å². The predicted octanol–water partition coefficient (Wildman–Crippen LogP) is -0.119. The fourth-order valence-electron chi connectivity index (χ4n) is 0.0129. The van der Waals surface area contributed by atoms with E-state index in [1.165, 1.54) is 0 Å². The first-order valence-corrected chi connectivity index (χ1v) is 0.729. The SMILES string of the molecule is O=[C-]OOF.[Ag+].[Ag]. The van der Waals surface area contributed by atoms with Gasteiger partial charge in [0.15, 0.2) is 0 Å². The molecule has 0 unspecified atom stereocenters. The quantitative estimate of drug-likeness (QED) is 0.308. The molecular formula is CAg2FO3. The normalized spacial score (nSPS) is 4.71. The molecule has 0 N–H and O–H groups in total. The first-order chi connectivity index (χ1) is 2.41. The molecule has 0 aliphatic heterocycles. The van der Waals surface area contributed by atoms with Crippen LogP contribution in [-0.4, -0.2) is 6.47 Å². The van der Waals surface area contributed by atoms with Gasteiger partial charge in [0, 0.05) is 22.4 Å². The fraction of sp³-hybridized carbons (Fsp3) is 0. The van der Waals surface area contributed by atoms with Crippen molar-refractivity contribution >= 4 is 6.47 Å². The van der Waals surface area contributed by atoms with Gasteiger partial charge in [-0.2, -0.15) is 0 Å². The van der Waals surface area contributed by atoms with Crippen molar-refractivity contribution in [1.82, 2.24) is 0 Å². The van der Waals surface area contributed by atoms with Crippen LogP contribution in [0, 0.1) is 0 Å². The molecule has 1 radical (unpaired) electrons. The Labute approximate surface area is 70.4 Å². The molecule has 7 heavy (non-hydrogen) atoms. The second kappa shape index (κ2) is 15.8. The zero-order valence-corrected chi connectivity index (χ0v) is 5.67. The summed E-state index contributed by atoms with van der Waals surface area (Å²) < 4.78 is 10.0. The summed E-state index contributed by atoms with van der Waals surface area (Å²) in [5.41, 5.74) is 0. The number of rotatable bonds is 2. The summed E-state index contributed by atoms with van der Waals surface area (Å²) in [5.74, 6) is 0. The third kappa shape index (κ3) is 19.9. The maximum atomic E-state index is 10.0. The molecule has 0 aliphatic carbocycles. The second-order valence-electron chi connectivity index (χ2n) is 0.230. The van der Waals surface area contributed by atoms with Gasteiger partial charge < -0.3 is 9.68 Å². The molecule has 0 rings (SSSR count). The average Bonchev–Trinajstić information content (AvgIpc) is 1.41. The Balaban J connectivity index is -0.0000000800. The minimum absolute atomic E-state index is 0. The van der Waals surface area contributed by atoms with Gasteiger partial charge in [0.25, 0.3) is 0 Å². The summed E-state index contributed by atoms with van der Waals surface area (Å²) >= 11 is 0. The summed E-state index contributed by atoms with van der Waals surface area (Å²) in [6, 6.07) is 0. The van der Waals surface area contributed by atoms with Crippen molar-refractivity contribution in [3.8, 4) is 0 Å². The molecule has 0 amide bonds. The summed E-state index contributed by atoms with van der Waals surface area (Å²) in [6.45, 7) is 0.670. The summed E-state index contributed by atoms with van der Waals surface area (Å²) in [7, 11) is 0. The molecule has 0 aromatic carbocycles. The van der Waals surface area contributed by atoms with Crippen LogP contribution in [0.25, 0.3) is 0 Å². The van der Waals surface area contributed by atoms with Crippen LogP contribution in [0.4, 0.5) is 4.53 Å². The minimum Gasteiger partial charge on any atom is -0.495 e. The average molecular weight is 295 g/mol. The van der Waals surface area contributed by atoms with Crippen LogP contribution >= 0.6 is 0 Å². The van der Waals surface area contributed by atoms with Crippen molar-refractivity contribution < 1.29 is 64.1 Å². The molecule has 0 aromatic rings. The van der Waals surface area contributed by atoms with Crippen molar-refractivity contribution in [2.75, 3.05) is 0 Å². The number of carbonyl (C=O) groups excluding carboxylic acids is 1. The molecule has 0 aliphatic rings. The van der Waals surface area contributed by atoms with E-state index in [-0.39, 0.29) is 44.8 Å². The maximum Gasteiger partial charge on any atom is 1.00 e. The van der Waals surface area contributed by atoms with E-state index in [4.69, 9.17) is 4.79 Å². The summed E-state index contributed by atoms with van der Waals surface area (Å²) in [4.78, 5) is 11.6. The van der Waals surface area contributed by atoms with Crippen LogP contribution in [0.5, 0.6) is 0 Å². The Morgan fingerprint density at radius 3 is 2.00 bits per heavy atom. The Morgan fingerprint density at radius 1 is 1.57 bits per heavy atom. The van der Waals surface area contributed by atoms with E-state index in [1.54, 1.807) is 0 Å². The van der Waals surface area contributed by atoms with Crippen molar-refractivity contribution in [2.45, 2.75) is 0 Å². The molecule has 0 atom stereocenters. The van der Waals surface area contributed by atoms with Gasteiger partial charge >= 0.3 is 22.4 Å². The van der Waals surface area contributed by atoms with Gasteiger partial charge in [-0.15, -0.1) is 0 Å². The first-order valence-electron chi connectivity index (χ1n) is 0.729. The summed E-state index contributed by atoms with van der Waals surface area (Å²) in [5, 5.41) is 2.27. The maximum absolute atomic E-state index is 10.0. The Bertz CT molecular complexity index is 34.1. The van der Waals surface area contributed by atoms with Gasteiger partial charge in [-0.25, -0.2) is 0 Å². The van der Waals surface area contributed by atoms with E-state index in [0.717, 1.165) is 0 Å². The summed E-state index contributed by atoms with van der Waals surface area (Å²) in [6.07, 6.45) is 0. The van der Waals surface area contributed by atoms with Crippen molar-refractivity contribution in [3.05, 3.63) is 0 Å². The Hall–Kier alpha value is 0.841. The van der Waals surface area contributed by atoms with Gasteiger partial charge in [0.1, 0.15) is 0 Å². The van der Waals surface area contributed by atoms with Gasteiger partial charge in [0.05, 0.1) is 0 Å². The minimum atomic E-state index is 0. The molecule has 0 heterocycles. The Morgan fingerprint density at radius 2 is 2.00 bits per heavy atom. The van der Waals surface area contributed by atoms with Gasteiger partial charge in [-0.1, -0.05) is 0 Å². The van der Waals surface area contributed by atoms with Gasteiger partial charge in [0.2, 0.25) is 0 Å². The zero-order chi connectivity index (χ0) is 4.12. The first kappa shape index (κ1) is 15.7. The molecule has 0 fully saturated rings. The molecule has 0 bridgehead atoms. The van der Waals surface area contributed by atoms with Crippen LogP contribution in [0.1, 0.15) is 0 Å². The van der Waals surface area contributed by atoms with Crippen LogP contribution in [-0.2, 0) is 59.5 Å². The molecule has 0 saturated carbocycles. The third-order valence-corrected chi connectivity index (χ3v) is 0.0655. The van der Waals surface area contributed by atoms with Crippen LogP contribution < -0.4 is 0 Å². The molecule has 6 heteroatoms. The third-order valence-electron chi connectivity index (χ3n) is 0.0655. The van der Waals surface area contributed by atoms with E-state index in [2.05, 4.69) is 9.98 Å². The van der Waals surface area contributed by atoms with Crippen molar-refractivity contribution in [1.29, 1.82) is 0 Å². The number of halogens is 1. The van der Waals surface area contributed by atoms with E-state index in [0.29, 0.717) is 6.47 Å². The van der Waals surface area contributed by atoms with E-state index in [9.17, 15) is 4.53 Å². The monoisotopic (exact) mass is 293 g/mol.